The Hall–Kier alpha value is -1.56. The van der Waals surface area contributed by atoms with Crippen LogP contribution in [0, 0.1) is 0 Å². The number of morpholine rings is 1. The maximum Gasteiger partial charge on any atom is 0.227 e. The zero-order valence-electron chi connectivity index (χ0n) is 11.6. The SMILES string of the molecule is CC1COc2cnc(N3C[C@@H](C)O[C@@H](C)C3)nc2N1. The minimum atomic E-state index is 0.200. The summed E-state index contributed by atoms with van der Waals surface area (Å²) >= 11 is 0. The van der Waals surface area contributed by atoms with Crippen molar-refractivity contribution >= 4 is 11.8 Å². The van der Waals surface area contributed by atoms with Gasteiger partial charge >= 0.3 is 0 Å². The van der Waals surface area contributed by atoms with Crippen molar-refractivity contribution in [2.24, 2.45) is 0 Å². The van der Waals surface area contributed by atoms with Crippen molar-refractivity contribution < 1.29 is 9.47 Å². The second-order valence-corrected chi connectivity index (χ2v) is 5.40. The van der Waals surface area contributed by atoms with Gasteiger partial charge in [-0.15, -0.1) is 0 Å². The summed E-state index contributed by atoms with van der Waals surface area (Å²) in [5, 5.41) is 3.33. The van der Waals surface area contributed by atoms with E-state index < -0.39 is 0 Å². The van der Waals surface area contributed by atoms with E-state index in [0.29, 0.717) is 6.61 Å². The topological polar surface area (TPSA) is 59.5 Å². The third-order valence-electron chi connectivity index (χ3n) is 3.32. The average molecular weight is 264 g/mol. The van der Waals surface area contributed by atoms with Crippen molar-refractivity contribution in [3.05, 3.63) is 6.20 Å². The fraction of sp³-hybridized carbons (Fsp3) is 0.692. The lowest BCUT2D eigenvalue weighted by Gasteiger charge is -2.35. The molecule has 0 aliphatic carbocycles. The lowest BCUT2D eigenvalue weighted by molar-refractivity contribution is -0.00572. The van der Waals surface area contributed by atoms with Gasteiger partial charge in [0.05, 0.1) is 24.4 Å². The molecule has 2 aliphatic heterocycles. The first-order chi connectivity index (χ1) is 9.11. The van der Waals surface area contributed by atoms with Crippen molar-refractivity contribution in [3.8, 4) is 5.75 Å². The molecule has 0 spiro atoms. The van der Waals surface area contributed by atoms with Crippen LogP contribution in [0.1, 0.15) is 20.8 Å². The van der Waals surface area contributed by atoms with Crippen LogP contribution in [0.25, 0.3) is 0 Å². The van der Waals surface area contributed by atoms with E-state index in [1.807, 2.05) is 0 Å². The number of nitrogens with zero attached hydrogens (tertiary/aromatic N) is 3. The molecule has 0 amide bonds. The van der Waals surface area contributed by atoms with E-state index in [1.54, 1.807) is 6.20 Å². The Labute approximate surface area is 113 Å². The molecule has 3 atom stereocenters. The Kier molecular flexibility index (Phi) is 3.18. The molecule has 1 unspecified atom stereocenters. The number of anilines is 2. The first kappa shape index (κ1) is 12.5. The van der Waals surface area contributed by atoms with Crippen LogP contribution in [0.4, 0.5) is 11.8 Å². The zero-order valence-corrected chi connectivity index (χ0v) is 11.6. The highest BCUT2D eigenvalue weighted by molar-refractivity contribution is 5.54. The number of ether oxygens (including phenoxy) is 2. The summed E-state index contributed by atoms with van der Waals surface area (Å²) in [5.41, 5.74) is 0. The minimum Gasteiger partial charge on any atom is -0.486 e. The fourth-order valence-corrected chi connectivity index (χ4v) is 2.55. The number of nitrogens with one attached hydrogen (secondary N) is 1. The summed E-state index contributed by atoms with van der Waals surface area (Å²) in [7, 11) is 0. The molecule has 1 aromatic rings. The van der Waals surface area contributed by atoms with Gasteiger partial charge in [0.15, 0.2) is 11.6 Å². The summed E-state index contributed by atoms with van der Waals surface area (Å²) in [6.07, 6.45) is 2.15. The van der Waals surface area contributed by atoms with Crippen LogP contribution in [0.15, 0.2) is 6.20 Å². The molecule has 3 rings (SSSR count). The lowest BCUT2D eigenvalue weighted by atomic mass is 10.2. The second kappa shape index (κ2) is 4.85. The van der Waals surface area contributed by atoms with E-state index in [2.05, 4.69) is 41.0 Å². The van der Waals surface area contributed by atoms with Crippen LogP contribution in [-0.4, -0.2) is 47.9 Å². The highest BCUT2D eigenvalue weighted by atomic mass is 16.5. The third-order valence-corrected chi connectivity index (χ3v) is 3.32. The quantitative estimate of drug-likeness (QED) is 0.824. The fourth-order valence-electron chi connectivity index (χ4n) is 2.55. The molecule has 104 valence electrons. The number of aromatic nitrogens is 2. The summed E-state index contributed by atoms with van der Waals surface area (Å²) in [4.78, 5) is 11.2. The van der Waals surface area contributed by atoms with Crippen LogP contribution < -0.4 is 15.0 Å². The molecular weight excluding hydrogens is 244 g/mol. The van der Waals surface area contributed by atoms with E-state index >= 15 is 0 Å². The van der Waals surface area contributed by atoms with Gasteiger partial charge in [-0.3, -0.25) is 0 Å². The van der Waals surface area contributed by atoms with Crippen molar-refractivity contribution in [1.82, 2.24) is 9.97 Å². The summed E-state index contributed by atoms with van der Waals surface area (Å²) < 4.78 is 11.3. The van der Waals surface area contributed by atoms with Crippen LogP contribution >= 0.6 is 0 Å². The summed E-state index contributed by atoms with van der Waals surface area (Å²) in [6, 6.07) is 0.276. The first-order valence-corrected chi connectivity index (χ1v) is 6.78. The van der Waals surface area contributed by atoms with Gasteiger partial charge < -0.3 is 19.7 Å². The predicted octanol–water partition coefficient (Wildman–Crippen LogP) is 1.28. The number of fused-ring (bicyclic) bond motifs is 1. The van der Waals surface area contributed by atoms with Gasteiger partial charge in [0.1, 0.15) is 6.61 Å². The molecule has 2 aliphatic rings. The van der Waals surface area contributed by atoms with Gasteiger partial charge in [-0.25, -0.2) is 4.98 Å². The Balaban J connectivity index is 1.83. The first-order valence-electron chi connectivity index (χ1n) is 6.78. The standard InChI is InChI=1S/C13H20N4O2/c1-8-7-18-11-4-14-13(16-12(11)15-8)17-5-9(2)19-10(3)6-17/h4,8-10H,5-7H2,1-3H3,(H,14,15,16)/t8?,9-,10+. The van der Waals surface area contributed by atoms with E-state index in [9.17, 15) is 0 Å². The third kappa shape index (κ3) is 2.58. The van der Waals surface area contributed by atoms with Gasteiger partial charge in [-0.1, -0.05) is 0 Å². The van der Waals surface area contributed by atoms with Crippen LogP contribution in [0.2, 0.25) is 0 Å². The van der Waals surface area contributed by atoms with Crippen LogP contribution in [0.3, 0.4) is 0 Å². The Bertz CT molecular complexity index is 458. The molecule has 1 N–H and O–H groups in total. The van der Waals surface area contributed by atoms with Gasteiger partial charge in [-0.2, -0.15) is 4.98 Å². The minimum absolute atomic E-state index is 0.200. The van der Waals surface area contributed by atoms with Gasteiger partial charge in [0.2, 0.25) is 5.95 Å². The maximum absolute atomic E-state index is 5.73. The molecule has 0 aromatic carbocycles. The number of rotatable bonds is 1. The summed E-state index contributed by atoms with van der Waals surface area (Å²) in [6.45, 7) is 8.51. The molecule has 0 bridgehead atoms. The molecule has 0 saturated carbocycles. The molecule has 6 nitrogen and oxygen atoms in total. The van der Waals surface area contributed by atoms with Crippen molar-refractivity contribution in [3.63, 3.8) is 0 Å². The smallest absolute Gasteiger partial charge is 0.227 e. The van der Waals surface area contributed by atoms with E-state index in [1.165, 1.54) is 0 Å². The van der Waals surface area contributed by atoms with E-state index in [0.717, 1.165) is 30.6 Å². The second-order valence-electron chi connectivity index (χ2n) is 5.40. The van der Waals surface area contributed by atoms with Crippen molar-refractivity contribution in [1.29, 1.82) is 0 Å². The zero-order chi connectivity index (χ0) is 13.4. The Morgan fingerprint density at radius 2 is 2.00 bits per heavy atom. The molecule has 1 fully saturated rings. The Morgan fingerprint density at radius 3 is 2.74 bits per heavy atom. The largest absolute Gasteiger partial charge is 0.486 e. The maximum atomic E-state index is 5.73. The molecule has 3 heterocycles. The van der Waals surface area contributed by atoms with E-state index in [4.69, 9.17) is 9.47 Å². The molecule has 19 heavy (non-hydrogen) atoms. The monoisotopic (exact) mass is 264 g/mol. The lowest BCUT2D eigenvalue weighted by Crippen LogP contribution is -2.46. The highest BCUT2D eigenvalue weighted by Gasteiger charge is 2.25. The predicted molar refractivity (Wildman–Crippen MR) is 72.8 cm³/mol. The summed E-state index contributed by atoms with van der Waals surface area (Å²) in [5.74, 6) is 2.26. The molecule has 6 heteroatoms. The van der Waals surface area contributed by atoms with Gasteiger partial charge in [0.25, 0.3) is 0 Å². The van der Waals surface area contributed by atoms with Gasteiger partial charge in [-0.05, 0) is 20.8 Å². The normalized spacial score (nSPS) is 30.3. The van der Waals surface area contributed by atoms with Crippen molar-refractivity contribution in [2.45, 2.75) is 39.0 Å². The Morgan fingerprint density at radius 1 is 1.26 bits per heavy atom. The molecule has 1 aromatic heterocycles. The van der Waals surface area contributed by atoms with Gasteiger partial charge in [0, 0.05) is 13.1 Å². The number of hydrogen-bond donors (Lipinski definition) is 1. The molecular formula is C13H20N4O2. The van der Waals surface area contributed by atoms with Crippen LogP contribution in [0.5, 0.6) is 5.75 Å². The molecule has 0 radical (unpaired) electrons. The molecule has 1 saturated heterocycles. The van der Waals surface area contributed by atoms with Crippen molar-refractivity contribution in [2.75, 3.05) is 29.9 Å². The van der Waals surface area contributed by atoms with Crippen LogP contribution in [-0.2, 0) is 4.74 Å². The van der Waals surface area contributed by atoms with E-state index in [-0.39, 0.29) is 18.2 Å². The number of hydrogen-bond acceptors (Lipinski definition) is 6. The highest BCUT2D eigenvalue weighted by Crippen LogP contribution is 2.28. The average Bonchev–Trinajstić information content (AvgIpc) is 2.36.